The highest BCUT2D eigenvalue weighted by Gasteiger charge is 2.06. The molecule has 3 aromatic rings. The van der Waals surface area contributed by atoms with Crippen molar-refractivity contribution >= 4 is 17.0 Å². The molecule has 0 aliphatic carbocycles. The largest absolute Gasteiger partial charge is 0.469 e. The van der Waals surface area contributed by atoms with E-state index in [2.05, 4.69) is 14.9 Å². The molecule has 0 saturated heterocycles. The number of rotatable bonds is 4. The molecule has 0 spiro atoms. The van der Waals surface area contributed by atoms with Gasteiger partial charge in [0.25, 0.3) is 0 Å². The summed E-state index contributed by atoms with van der Waals surface area (Å²) in [6.07, 6.45) is 1.01. The third-order valence-corrected chi connectivity index (χ3v) is 3.27. The van der Waals surface area contributed by atoms with E-state index < -0.39 is 0 Å². The molecule has 3 rings (SSSR count). The first-order valence-corrected chi connectivity index (χ1v) is 6.74. The maximum absolute atomic E-state index is 11.2. The third kappa shape index (κ3) is 2.91. The van der Waals surface area contributed by atoms with E-state index in [1.54, 1.807) is 4.80 Å². The lowest BCUT2D eigenvalue weighted by Gasteiger charge is -2.04. The van der Waals surface area contributed by atoms with Gasteiger partial charge in [-0.3, -0.25) is 4.79 Å². The summed E-state index contributed by atoms with van der Waals surface area (Å²) in [5, 5.41) is 8.90. The Labute approximate surface area is 122 Å². The maximum Gasteiger partial charge on any atom is 0.305 e. The average Bonchev–Trinajstić information content (AvgIpc) is 2.97. The molecule has 0 radical (unpaired) electrons. The number of aryl methyl sites for hydroxylation is 1. The van der Waals surface area contributed by atoms with E-state index in [0.717, 1.165) is 22.3 Å². The Morgan fingerprint density at radius 3 is 2.48 bits per heavy atom. The number of carbonyl (C=O) groups excluding carboxylic acids is 1. The van der Waals surface area contributed by atoms with Crippen molar-refractivity contribution < 1.29 is 9.53 Å². The molecule has 0 aliphatic heterocycles. The molecule has 0 unspecified atom stereocenters. The van der Waals surface area contributed by atoms with E-state index in [4.69, 9.17) is 0 Å². The molecule has 106 valence electrons. The number of esters is 1. The molecule has 0 saturated carbocycles. The first-order chi connectivity index (χ1) is 10.3. The second-order valence-electron chi connectivity index (χ2n) is 4.72. The smallest absolute Gasteiger partial charge is 0.305 e. The number of aromatic nitrogens is 3. The van der Waals surface area contributed by atoms with Crippen LogP contribution in [0.4, 0.5) is 0 Å². The highest BCUT2D eigenvalue weighted by atomic mass is 16.5. The Morgan fingerprint density at radius 2 is 1.81 bits per heavy atom. The fourth-order valence-corrected chi connectivity index (χ4v) is 2.16. The van der Waals surface area contributed by atoms with Crippen LogP contribution < -0.4 is 0 Å². The van der Waals surface area contributed by atoms with Crippen molar-refractivity contribution in [2.24, 2.45) is 0 Å². The number of hydrogen-bond acceptors (Lipinski definition) is 4. The molecular weight excluding hydrogens is 266 g/mol. The van der Waals surface area contributed by atoms with Crippen molar-refractivity contribution in [3.8, 4) is 5.69 Å². The summed E-state index contributed by atoms with van der Waals surface area (Å²) in [5.74, 6) is -0.205. The van der Waals surface area contributed by atoms with Crippen molar-refractivity contribution in [2.45, 2.75) is 12.8 Å². The number of fused-ring (bicyclic) bond motifs is 1. The summed E-state index contributed by atoms with van der Waals surface area (Å²) in [6.45, 7) is 0. The van der Waals surface area contributed by atoms with Crippen molar-refractivity contribution in [1.82, 2.24) is 15.0 Å². The van der Waals surface area contributed by atoms with Gasteiger partial charge in [0.05, 0.1) is 12.8 Å². The molecule has 0 aliphatic rings. The lowest BCUT2D eigenvalue weighted by molar-refractivity contribution is -0.140. The molecule has 0 fully saturated rings. The predicted molar refractivity (Wildman–Crippen MR) is 79.2 cm³/mol. The van der Waals surface area contributed by atoms with Crippen LogP contribution in [-0.2, 0) is 16.0 Å². The minimum Gasteiger partial charge on any atom is -0.469 e. The van der Waals surface area contributed by atoms with Gasteiger partial charge in [0.1, 0.15) is 11.0 Å². The molecule has 0 atom stereocenters. The number of nitrogens with zero attached hydrogens (tertiary/aromatic N) is 3. The summed E-state index contributed by atoms with van der Waals surface area (Å²) in [5.41, 5.74) is 3.66. The monoisotopic (exact) mass is 281 g/mol. The molecular formula is C16H15N3O2. The SMILES string of the molecule is COC(=O)CCc1cccc(-n2nc3ccccc3n2)c1. The minimum atomic E-state index is -0.205. The van der Waals surface area contributed by atoms with Crippen LogP contribution in [0.3, 0.4) is 0 Å². The molecule has 5 nitrogen and oxygen atoms in total. The van der Waals surface area contributed by atoms with E-state index in [1.165, 1.54) is 7.11 Å². The lowest BCUT2D eigenvalue weighted by atomic mass is 10.1. The summed E-state index contributed by atoms with van der Waals surface area (Å²) >= 11 is 0. The van der Waals surface area contributed by atoms with Gasteiger partial charge in [0.2, 0.25) is 0 Å². The topological polar surface area (TPSA) is 57.0 Å². The Morgan fingerprint density at radius 1 is 1.10 bits per heavy atom. The minimum absolute atomic E-state index is 0.205. The van der Waals surface area contributed by atoms with E-state index in [0.29, 0.717) is 12.8 Å². The van der Waals surface area contributed by atoms with Crippen molar-refractivity contribution in [3.63, 3.8) is 0 Å². The second kappa shape index (κ2) is 5.75. The van der Waals surface area contributed by atoms with Crippen LogP contribution in [-0.4, -0.2) is 28.1 Å². The number of hydrogen-bond donors (Lipinski definition) is 0. The normalized spacial score (nSPS) is 10.7. The maximum atomic E-state index is 11.2. The summed E-state index contributed by atoms with van der Waals surface area (Å²) < 4.78 is 4.66. The predicted octanol–water partition coefficient (Wildman–Crippen LogP) is 2.53. The standard InChI is InChI=1S/C16H15N3O2/c1-21-16(20)10-9-12-5-4-6-13(11-12)19-17-14-7-2-3-8-15(14)18-19/h2-8,11H,9-10H2,1H3. The van der Waals surface area contributed by atoms with Gasteiger partial charge < -0.3 is 4.74 Å². The summed E-state index contributed by atoms with van der Waals surface area (Å²) in [7, 11) is 1.40. The quantitative estimate of drug-likeness (QED) is 0.689. The van der Waals surface area contributed by atoms with Gasteiger partial charge in [-0.15, -0.1) is 10.2 Å². The number of carbonyl (C=O) groups is 1. The first-order valence-electron chi connectivity index (χ1n) is 6.74. The van der Waals surface area contributed by atoms with Gasteiger partial charge in [-0.25, -0.2) is 0 Å². The Hall–Kier alpha value is -2.69. The molecule has 2 aromatic carbocycles. The van der Waals surface area contributed by atoms with Crippen molar-refractivity contribution in [3.05, 3.63) is 54.1 Å². The van der Waals surface area contributed by atoms with Crippen LogP contribution in [0.25, 0.3) is 16.7 Å². The van der Waals surface area contributed by atoms with Crippen LogP contribution >= 0.6 is 0 Å². The zero-order valence-corrected chi connectivity index (χ0v) is 11.7. The van der Waals surface area contributed by atoms with Gasteiger partial charge in [-0.2, -0.15) is 4.80 Å². The van der Waals surface area contributed by atoms with Crippen molar-refractivity contribution in [1.29, 1.82) is 0 Å². The highest BCUT2D eigenvalue weighted by molar-refractivity contribution is 5.73. The fraction of sp³-hybridized carbons (Fsp3) is 0.188. The number of methoxy groups -OCH3 is 1. The van der Waals surface area contributed by atoms with E-state index in [9.17, 15) is 4.79 Å². The summed E-state index contributed by atoms with van der Waals surface area (Å²) in [4.78, 5) is 12.8. The Kier molecular flexibility index (Phi) is 3.64. The van der Waals surface area contributed by atoms with E-state index in [-0.39, 0.29) is 5.97 Å². The van der Waals surface area contributed by atoms with Crippen LogP contribution in [0.1, 0.15) is 12.0 Å². The van der Waals surface area contributed by atoms with E-state index >= 15 is 0 Å². The molecule has 5 heteroatoms. The first kappa shape index (κ1) is 13.3. The van der Waals surface area contributed by atoms with Crippen LogP contribution in [0.2, 0.25) is 0 Å². The zero-order valence-electron chi connectivity index (χ0n) is 11.7. The van der Waals surface area contributed by atoms with Gasteiger partial charge in [-0.1, -0.05) is 24.3 Å². The number of benzene rings is 2. The molecule has 0 N–H and O–H groups in total. The molecule has 0 bridgehead atoms. The van der Waals surface area contributed by atoms with Crippen LogP contribution in [0.15, 0.2) is 48.5 Å². The molecule has 1 aromatic heterocycles. The zero-order chi connectivity index (χ0) is 14.7. The van der Waals surface area contributed by atoms with Crippen LogP contribution in [0.5, 0.6) is 0 Å². The van der Waals surface area contributed by atoms with Gasteiger partial charge >= 0.3 is 5.97 Å². The molecule has 0 amide bonds. The fourth-order valence-electron chi connectivity index (χ4n) is 2.16. The molecule has 1 heterocycles. The van der Waals surface area contributed by atoms with Gasteiger partial charge in [0, 0.05) is 6.42 Å². The van der Waals surface area contributed by atoms with E-state index in [1.807, 2.05) is 48.5 Å². The Balaban J connectivity index is 1.86. The van der Waals surface area contributed by atoms with Gasteiger partial charge in [-0.05, 0) is 36.2 Å². The molecule has 21 heavy (non-hydrogen) atoms. The second-order valence-corrected chi connectivity index (χ2v) is 4.72. The lowest BCUT2D eigenvalue weighted by Crippen LogP contribution is -2.03. The van der Waals surface area contributed by atoms with Crippen LogP contribution in [0, 0.1) is 0 Å². The van der Waals surface area contributed by atoms with Gasteiger partial charge in [0.15, 0.2) is 0 Å². The van der Waals surface area contributed by atoms with Crippen molar-refractivity contribution in [2.75, 3.05) is 7.11 Å². The average molecular weight is 281 g/mol. The number of ether oxygens (including phenoxy) is 1. The highest BCUT2D eigenvalue weighted by Crippen LogP contribution is 2.14. The summed E-state index contributed by atoms with van der Waals surface area (Å²) in [6, 6.07) is 15.6. The Bertz CT molecular complexity index is 747. The third-order valence-electron chi connectivity index (χ3n) is 3.27.